The average molecular weight is 419 g/mol. The molecule has 30 heavy (non-hydrogen) atoms. The first-order valence-corrected chi connectivity index (χ1v) is 9.36. The molecule has 148 valence electrons. The predicted molar refractivity (Wildman–Crippen MR) is 115 cm³/mol. The number of anilines is 1. The maximum absolute atomic E-state index is 13.0. The van der Waals surface area contributed by atoms with Gasteiger partial charge in [0.1, 0.15) is 5.69 Å². The molecule has 1 aromatic heterocycles. The zero-order valence-corrected chi connectivity index (χ0v) is 16.3. The first kappa shape index (κ1) is 19.4. The summed E-state index contributed by atoms with van der Waals surface area (Å²) < 4.78 is 1.63. The fraction of sp³-hybridized carbons (Fsp3) is 0. The van der Waals surface area contributed by atoms with Crippen LogP contribution in [0.25, 0.3) is 16.9 Å². The van der Waals surface area contributed by atoms with E-state index in [9.17, 15) is 14.9 Å². The van der Waals surface area contributed by atoms with Crippen LogP contribution in [0, 0.1) is 10.1 Å². The summed E-state index contributed by atoms with van der Waals surface area (Å²) in [6.45, 7) is 0. The summed E-state index contributed by atoms with van der Waals surface area (Å²) >= 11 is 5.99. The Morgan fingerprint density at radius 3 is 2.27 bits per heavy atom. The summed E-state index contributed by atoms with van der Waals surface area (Å²) in [5.74, 6) is -0.379. The minimum absolute atomic E-state index is 0.0493. The highest BCUT2D eigenvalue weighted by molar-refractivity contribution is 6.30. The fourth-order valence-corrected chi connectivity index (χ4v) is 3.06. The molecule has 0 bridgehead atoms. The van der Waals surface area contributed by atoms with Gasteiger partial charge in [-0.3, -0.25) is 14.9 Å². The normalized spacial score (nSPS) is 10.6. The third kappa shape index (κ3) is 4.06. The number of aromatic nitrogens is 2. The molecule has 0 saturated carbocycles. The number of para-hydroxylation sites is 1. The summed E-state index contributed by atoms with van der Waals surface area (Å²) in [7, 11) is 0. The minimum Gasteiger partial charge on any atom is -0.322 e. The molecule has 0 fully saturated rings. The van der Waals surface area contributed by atoms with Gasteiger partial charge in [-0.2, -0.15) is 5.10 Å². The van der Waals surface area contributed by atoms with E-state index in [2.05, 4.69) is 10.4 Å². The molecular weight excluding hydrogens is 404 g/mol. The predicted octanol–water partition coefficient (Wildman–Crippen LogP) is 5.35. The largest absolute Gasteiger partial charge is 0.322 e. The Kier molecular flexibility index (Phi) is 5.28. The maximum Gasteiger partial charge on any atom is 0.269 e. The van der Waals surface area contributed by atoms with Crippen molar-refractivity contribution in [3.05, 3.63) is 106 Å². The monoisotopic (exact) mass is 418 g/mol. The van der Waals surface area contributed by atoms with Crippen LogP contribution in [-0.2, 0) is 0 Å². The van der Waals surface area contributed by atoms with Crippen molar-refractivity contribution in [1.29, 1.82) is 0 Å². The topological polar surface area (TPSA) is 90.1 Å². The van der Waals surface area contributed by atoms with Crippen molar-refractivity contribution in [3.63, 3.8) is 0 Å². The van der Waals surface area contributed by atoms with Gasteiger partial charge in [-0.25, -0.2) is 4.68 Å². The Morgan fingerprint density at radius 2 is 1.63 bits per heavy atom. The van der Waals surface area contributed by atoms with E-state index >= 15 is 0 Å². The van der Waals surface area contributed by atoms with Gasteiger partial charge in [-0.15, -0.1) is 0 Å². The number of carbonyl (C=O) groups is 1. The maximum atomic E-state index is 13.0. The summed E-state index contributed by atoms with van der Waals surface area (Å²) in [5, 5.41) is 18.8. The van der Waals surface area contributed by atoms with E-state index in [0.29, 0.717) is 22.0 Å². The highest BCUT2D eigenvalue weighted by Gasteiger charge is 2.19. The number of benzene rings is 3. The average Bonchev–Trinajstić information content (AvgIpc) is 3.21. The molecule has 0 atom stereocenters. The van der Waals surface area contributed by atoms with E-state index < -0.39 is 4.92 Å². The van der Waals surface area contributed by atoms with Crippen LogP contribution in [0.1, 0.15) is 10.4 Å². The Balaban J connectivity index is 1.71. The van der Waals surface area contributed by atoms with Crippen molar-refractivity contribution in [2.75, 3.05) is 5.32 Å². The standard InChI is InChI=1S/C22H15ClN4O3/c23-16-8-6-15(7-9-16)21-20(14-26(25-21)18-4-2-1-3-5-18)22(28)24-17-10-12-19(13-11-17)27(29)30/h1-14H,(H,24,28). The molecule has 1 N–H and O–H groups in total. The summed E-state index contributed by atoms with van der Waals surface area (Å²) in [4.78, 5) is 23.3. The highest BCUT2D eigenvalue weighted by Crippen LogP contribution is 2.26. The zero-order chi connectivity index (χ0) is 21.1. The second-order valence-electron chi connectivity index (χ2n) is 6.44. The van der Waals surface area contributed by atoms with Gasteiger partial charge in [0.2, 0.25) is 0 Å². The first-order chi connectivity index (χ1) is 14.5. The van der Waals surface area contributed by atoms with Crippen molar-refractivity contribution < 1.29 is 9.72 Å². The second kappa shape index (κ2) is 8.18. The van der Waals surface area contributed by atoms with Crippen molar-refractivity contribution in [1.82, 2.24) is 9.78 Å². The fourth-order valence-electron chi connectivity index (χ4n) is 2.94. The number of nitro benzene ring substituents is 1. The molecule has 1 amide bonds. The van der Waals surface area contributed by atoms with E-state index in [1.165, 1.54) is 24.3 Å². The SMILES string of the molecule is O=C(Nc1ccc([N+](=O)[O-])cc1)c1cn(-c2ccccc2)nc1-c1ccc(Cl)cc1. The van der Waals surface area contributed by atoms with Gasteiger partial charge in [0.25, 0.3) is 11.6 Å². The number of carbonyl (C=O) groups excluding carboxylic acids is 1. The van der Waals surface area contributed by atoms with E-state index in [1.54, 1.807) is 35.1 Å². The summed E-state index contributed by atoms with van der Waals surface area (Å²) in [5.41, 5.74) is 2.80. The Bertz CT molecular complexity index is 1200. The van der Waals surface area contributed by atoms with Crippen LogP contribution < -0.4 is 5.32 Å². The smallest absolute Gasteiger partial charge is 0.269 e. The van der Waals surface area contributed by atoms with Crippen LogP contribution in [0.4, 0.5) is 11.4 Å². The number of hydrogen-bond donors (Lipinski definition) is 1. The molecule has 0 aliphatic carbocycles. The van der Waals surface area contributed by atoms with Crippen molar-refractivity contribution in [3.8, 4) is 16.9 Å². The number of nitro groups is 1. The Morgan fingerprint density at radius 1 is 0.967 bits per heavy atom. The quantitative estimate of drug-likeness (QED) is 0.349. The molecule has 0 unspecified atom stereocenters. The van der Waals surface area contributed by atoms with E-state index in [4.69, 9.17) is 11.6 Å². The lowest BCUT2D eigenvalue weighted by atomic mass is 10.1. The summed E-state index contributed by atoms with van der Waals surface area (Å²) in [6.07, 6.45) is 1.65. The van der Waals surface area contributed by atoms with Gasteiger partial charge in [0, 0.05) is 34.6 Å². The lowest BCUT2D eigenvalue weighted by Gasteiger charge is -2.05. The minimum atomic E-state index is -0.492. The molecule has 1 heterocycles. The van der Waals surface area contributed by atoms with Crippen molar-refractivity contribution in [2.45, 2.75) is 0 Å². The van der Waals surface area contributed by atoms with Gasteiger partial charge >= 0.3 is 0 Å². The van der Waals surface area contributed by atoms with E-state index in [1.807, 2.05) is 30.3 Å². The van der Waals surface area contributed by atoms with Crippen LogP contribution in [0.15, 0.2) is 85.1 Å². The molecule has 3 aromatic carbocycles. The molecule has 7 nitrogen and oxygen atoms in total. The third-order valence-electron chi connectivity index (χ3n) is 4.43. The van der Waals surface area contributed by atoms with E-state index in [-0.39, 0.29) is 11.6 Å². The third-order valence-corrected chi connectivity index (χ3v) is 4.69. The molecule has 8 heteroatoms. The highest BCUT2D eigenvalue weighted by atomic mass is 35.5. The molecule has 0 radical (unpaired) electrons. The molecule has 4 rings (SSSR count). The number of non-ortho nitro benzene ring substituents is 1. The molecule has 4 aromatic rings. The van der Waals surface area contributed by atoms with Crippen LogP contribution in [0.2, 0.25) is 5.02 Å². The number of amides is 1. The lowest BCUT2D eigenvalue weighted by Crippen LogP contribution is -2.12. The number of hydrogen-bond acceptors (Lipinski definition) is 4. The van der Waals surface area contributed by atoms with E-state index in [0.717, 1.165) is 11.3 Å². The van der Waals surface area contributed by atoms with Gasteiger partial charge in [0.05, 0.1) is 16.2 Å². The van der Waals surface area contributed by atoms with Crippen LogP contribution in [-0.4, -0.2) is 20.6 Å². The lowest BCUT2D eigenvalue weighted by molar-refractivity contribution is -0.384. The van der Waals surface area contributed by atoms with Crippen molar-refractivity contribution in [2.24, 2.45) is 0 Å². The molecule has 0 spiro atoms. The number of nitrogens with one attached hydrogen (secondary N) is 1. The van der Waals surface area contributed by atoms with Gasteiger partial charge in [-0.1, -0.05) is 41.9 Å². The van der Waals surface area contributed by atoms with Crippen molar-refractivity contribution >= 4 is 28.9 Å². The van der Waals surface area contributed by atoms with Gasteiger partial charge < -0.3 is 5.32 Å². The number of rotatable bonds is 5. The molecule has 0 aliphatic heterocycles. The van der Waals surface area contributed by atoms with Crippen LogP contribution >= 0.6 is 11.6 Å². The van der Waals surface area contributed by atoms with Crippen LogP contribution in [0.5, 0.6) is 0 Å². The zero-order valence-electron chi connectivity index (χ0n) is 15.5. The number of nitrogens with zero attached hydrogens (tertiary/aromatic N) is 3. The second-order valence-corrected chi connectivity index (χ2v) is 6.87. The number of halogens is 1. The molecule has 0 saturated heterocycles. The van der Waals surface area contributed by atoms with Crippen LogP contribution in [0.3, 0.4) is 0 Å². The van der Waals surface area contributed by atoms with Gasteiger partial charge in [0.15, 0.2) is 0 Å². The molecular formula is C22H15ClN4O3. The van der Waals surface area contributed by atoms with Gasteiger partial charge in [-0.05, 0) is 36.4 Å². The Labute approximate surface area is 176 Å². The Hall–Kier alpha value is -3.97. The summed E-state index contributed by atoms with van der Waals surface area (Å²) in [6, 6.07) is 22.1. The molecule has 0 aliphatic rings. The first-order valence-electron chi connectivity index (χ1n) is 8.98.